The summed E-state index contributed by atoms with van der Waals surface area (Å²) in [5, 5.41) is 10.5. The first-order chi connectivity index (χ1) is 13.0. The van der Waals surface area contributed by atoms with Gasteiger partial charge in [-0.25, -0.2) is 0 Å². The Morgan fingerprint density at radius 2 is 1.74 bits per heavy atom. The highest BCUT2D eigenvalue weighted by Gasteiger charge is 2.14. The first kappa shape index (κ1) is 18.4. The molecule has 0 saturated heterocycles. The molecule has 1 heterocycles. The van der Waals surface area contributed by atoms with Gasteiger partial charge in [0.25, 0.3) is 0 Å². The number of nitrogens with one attached hydrogen (secondary N) is 1. The lowest BCUT2D eigenvalue weighted by Crippen LogP contribution is -2.15. The highest BCUT2D eigenvalue weighted by atomic mass is 16.5. The number of hydrogen-bond donors (Lipinski definition) is 1. The first-order valence-corrected chi connectivity index (χ1v) is 8.41. The van der Waals surface area contributed by atoms with Crippen molar-refractivity contribution in [1.29, 1.82) is 0 Å². The summed E-state index contributed by atoms with van der Waals surface area (Å²) in [6, 6.07) is 11.3. The van der Waals surface area contributed by atoms with Gasteiger partial charge in [0.2, 0.25) is 11.8 Å². The monoisotopic (exact) mass is 367 g/mol. The van der Waals surface area contributed by atoms with Crippen molar-refractivity contribution < 1.29 is 18.7 Å². The minimum absolute atomic E-state index is 0.0436. The molecule has 7 heteroatoms. The second-order valence-corrected chi connectivity index (χ2v) is 6.17. The number of methoxy groups -OCH3 is 2. The molecule has 2 aromatic carbocycles. The Kier molecular flexibility index (Phi) is 5.40. The van der Waals surface area contributed by atoms with Gasteiger partial charge in [0.15, 0.2) is 0 Å². The summed E-state index contributed by atoms with van der Waals surface area (Å²) in [5.74, 6) is 1.24. The third-order valence-corrected chi connectivity index (χ3v) is 4.13. The van der Waals surface area contributed by atoms with Crippen LogP contribution >= 0.6 is 0 Å². The molecule has 1 amide bonds. The third-order valence-electron chi connectivity index (χ3n) is 4.13. The average molecular weight is 367 g/mol. The van der Waals surface area contributed by atoms with Gasteiger partial charge in [-0.3, -0.25) is 10.1 Å². The normalized spacial score (nSPS) is 10.5. The zero-order valence-electron chi connectivity index (χ0n) is 15.7. The summed E-state index contributed by atoms with van der Waals surface area (Å²) >= 11 is 0. The molecule has 7 nitrogen and oxygen atoms in total. The quantitative estimate of drug-likeness (QED) is 0.717. The Labute approximate surface area is 157 Å². The van der Waals surface area contributed by atoms with Gasteiger partial charge in [0.1, 0.15) is 11.5 Å². The van der Waals surface area contributed by atoms with Crippen LogP contribution in [0.2, 0.25) is 0 Å². The number of amides is 1. The zero-order chi connectivity index (χ0) is 19.4. The van der Waals surface area contributed by atoms with Crippen molar-refractivity contribution in [3.05, 3.63) is 53.1 Å². The minimum atomic E-state index is -0.220. The maximum Gasteiger partial charge on any atom is 0.322 e. The maximum absolute atomic E-state index is 12.3. The summed E-state index contributed by atoms with van der Waals surface area (Å²) in [4.78, 5) is 12.3. The van der Waals surface area contributed by atoms with E-state index in [1.54, 1.807) is 32.4 Å². The maximum atomic E-state index is 12.3. The van der Waals surface area contributed by atoms with E-state index in [9.17, 15) is 4.79 Å². The van der Waals surface area contributed by atoms with Crippen LogP contribution in [0.3, 0.4) is 0 Å². The number of nitrogens with zero attached hydrogens (tertiary/aromatic N) is 2. The molecule has 3 rings (SSSR count). The van der Waals surface area contributed by atoms with Crippen molar-refractivity contribution in [3.63, 3.8) is 0 Å². The van der Waals surface area contributed by atoms with Crippen molar-refractivity contribution in [2.24, 2.45) is 0 Å². The smallest absolute Gasteiger partial charge is 0.322 e. The number of carbonyl (C=O) groups is 1. The van der Waals surface area contributed by atoms with E-state index in [1.807, 2.05) is 32.0 Å². The highest BCUT2D eigenvalue weighted by molar-refractivity contribution is 5.90. The predicted octanol–water partition coefficient (Wildman–Crippen LogP) is 3.55. The van der Waals surface area contributed by atoms with Gasteiger partial charge in [-0.2, -0.15) is 0 Å². The summed E-state index contributed by atoms with van der Waals surface area (Å²) in [6.07, 6.45) is 0.234. The van der Waals surface area contributed by atoms with E-state index in [0.717, 1.165) is 16.7 Å². The predicted molar refractivity (Wildman–Crippen MR) is 101 cm³/mol. The molecule has 3 aromatic rings. The fourth-order valence-electron chi connectivity index (χ4n) is 2.65. The average Bonchev–Trinajstić information content (AvgIpc) is 3.12. The van der Waals surface area contributed by atoms with Crippen LogP contribution in [0.5, 0.6) is 11.5 Å². The molecule has 140 valence electrons. The summed E-state index contributed by atoms with van der Waals surface area (Å²) in [5.41, 5.74) is 3.76. The van der Waals surface area contributed by atoms with Crippen LogP contribution in [0.1, 0.15) is 16.7 Å². The van der Waals surface area contributed by atoms with E-state index in [4.69, 9.17) is 13.9 Å². The fourth-order valence-corrected chi connectivity index (χ4v) is 2.65. The largest absolute Gasteiger partial charge is 0.497 e. The van der Waals surface area contributed by atoms with Gasteiger partial charge in [-0.05, 0) is 37.1 Å². The van der Waals surface area contributed by atoms with Crippen molar-refractivity contribution in [3.8, 4) is 23.0 Å². The topological polar surface area (TPSA) is 86.5 Å². The van der Waals surface area contributed by atoms with Gasteiger partial charge in [-0.1, -0.05) is 28.9 Å². The van der Waals surface area contributed by atoms with Crippen molar-refractivity contribution in [2.75, 3.05) is 19.5 Å². The Bertz CT molecular complexity index is 943. The number of anilines is 1. The molecule has 0 unspecified atom stereocenters. The molecule has 0 atom stereocenters. The standard InChI is InChI=1S/C20H21N3O4/c1-12-5-6-13(2)14(7-12)10-18(24)21-20-23-22-19(27-20)15-8-16(25-3)11-17(9-15)26-4/h5-9,11H,10H2,1-4H3,(H,21,23,24). The van der Waals surface area contributed by atoms with E-state index in [2.05, 4.69) is 15.5 Å². The van der Waals surface area contributed by atoms with Crippen LogP contribution in [0.4, 0.5) is 6.01 Å². The molecule has 0 spiro atoms. The number of hydrogen-bond acceptors (Lipinski definition) is 6. The summed E-state index contributed by atoms with van der Waals surface area (Å²) in [6.45, 7) is 3.97. The lowest BCUT2D eigenvalue weighted by atomic mass is 10.0. The molecule has 0 bridgehead atoms. The Balaban J connectivity index is 1.74. The fraction of sp³-hybridized carbons (Fsp3) is 0.250. The summed E-state index contributed by atoms with van der Waals surface area (Å²) < 4.78 is 16.0. The minimum Gasteiger partial charge on any atom is -0.497 e. The van der Waals surface area contributed by atoms with Crippen LogP contribution in [-0.2, 0) is 11.2 Å². The van der Waals surface area contributed by atoms with Crippen LogP contribution in [0.25, 0.3) is 11.5 Å². The SMILES string of the molecule is COc1cc(OC)cc(-c2nnc(NC(=O)Cc3cc(C)ccc3C)o2)c1. The van der Waals surface area contributed by atoms with E-state index in [-0.39, 0.29) is 24.2 Å². The van der Waals surface area contributed by atoms with Crippen LogP contribution < -0.4 is 14.8 Å². The highest BCUT2D eigenvalue weighted by Crippen LogP contribution is 2.29. The molecule has 0 fully saturated rings. The molecule has 0 radical (unpaired) electrons. The molecular formula is C20H21N3O4. The Morgan fingerprint density at radius 3 is 2.41 bits per heavy atom. The molecule has 1 N–H and O–H groups in total. The Hall–Kier alpha value is -3.35. The van der Waals surface area contributed by atoms with E-state index in [0.29, 0.717) is 17.1 Å². The van der Waals surface area contributed by atoms with Crippen LogP contribution in [0.15, 0.2) is 40.8 Å². The van der Waals surface area contributed by atoms with Crippen LogP contribution in [0, 0.1) is 13.8 Å². The number of benzene rings is 2. The van der Waals surface area contributed by atoms with E-state index in [1.165, 1.54) is 0 Å². The second-order valence-electron chi connectivity index (χ2n) is 6.17. The van der Waals surface area contributed by atoms with Crippen molar-refractivity contribution in [2.45, 2.75) is 20.3 Å². The molecule has 1 aromatic heterocycles. The molecule has 0 saturated carbocycles. The summed E-state index contributed by atoms with van der Waals surface area (Å²) in [7, 11) is 3.12. The molecule has 0 aliphatic heterocycles. The lowest BCUT2D eigenvalue weighted by molar-refractivity contribution is -0.115. The van der Waals surface area contributed by atoms with E-state index < -0.39 is 0 Å². The lowest BCUT2D eigenvalue weighted by Gasteiger charge is -2.06. The van der Waals surface area contributed by atoms with Crippen LogP contribution in [-0.4, -0.2) is 30.3 Å². The molecular weight excluding hydrogens is 346 g/mol. The zero-order valence-corrected chi connectivity index (χ0v) is 15.7. The van der Waals surface area contributed by atoms with Crippen molar-refractivity contribution in [1.82, 2.24) is 10.2 Å². The van der Waals surface area contributed by atoms with Gasteiger partial charge >= 0.3 is 6.01 Å². The first-order valence-electron chi connectivity index (χ1n) is 8.41. The second kappa shape index (κ2) is 7.90. The molecule has 27 heavy (non-hydrogen) atoms. The molecule has 0 aliphatic carbocycles. The Morgan fingerprint density at radius 1 is 1.04 bits per heavy atom. The number of ether oxygens (including phenoxy) is 2. The number of rotatable bonds is 6. The van der Waals surface area contributed by atoms with Gasteiger partial charge < -0.3 is 13.9 Å². The van der Waals surface area contributed by atoms with Crippen molar-refractivity contribution >= 4 is 11.9 Å². The number of aromatic nitrogens is 2. The van der Waals surface area contributed by atoms with E-state index >= 15 is 0 Å². The molecule has 0 aliphatic rings. The van der Waals surface area contributed by atoms with Gasteiger partial charge in [0, 0.05) is 11.6 Å². The van der Waals surface area contributed by atoms with Gasteiger partial charge in [0.05, 0.1) is 20.6 Å². The number of aryl methyl sites for hydroxylation is 2. The van der Waals surface area contributed by atoms with Gasteiger partial charge in [-0.15, -0.1) is 5.10 Å². The third kappa shape index (κ3) is 4.44. The number of carbonyl (C=O) groups excluding carboxylic acids is 1.